The molecule has 9 heteroatoms. The highest BCUT2D eigenvalue weighted by atomic mass is 35.5. The monoisotopic (exact) mass is 388 g/mol. The molecule has 1 atom stereocenters. The highest BCUT2D eigenvalue weighted by molar-refractivity contribution is 8.02. The Morgan fingerprint density at radius 1 is 1.39 bits per heavy atom. The van der Waals surface area contributed by atoms with Crippen LogP contribution in [0.3, 0.4) is 0 Å². The van der Waals surface area contributed by atoms with E-state index >= 15 is 0 Å². The summed E-state index contributed by atoms with van der Waals surface area (Å²) >= 11 is 14.7. The maximum absolute atomic E-state index is 12.3. The van der Waals surface area contributed by atoms with Crippen LogP contribution in [-0.2, 0) is 4.79 Å². The molecule has 1 fully saturated rings. The molecule has 3 rings (SSSR count). The van der Waals surface area contributed by atoms with Crippen molar-refractivity contribution in [3.05, 3.63) is 28.2 Å². The fourth-order valence-corrected chi connectivity index (χ4v) is 4.18. The third-order valence-corrected chi connectivity index (χ3v) is 5.73. The van der Waals surface area contributed by atoms with Crippen LogP contribution in [0.25, 0.3) is 0 Å². The number of benzene rings is 1. The summed E-state index contributed by atoms with van der Waals surface area (Å²) in [5.41, 5.74) is 0.543. The Kier molecular flexibility index (Phi) is 5.31. The van der Waals surface area contributed by atoms with E-state index in [0.717, 1.165) is 9.47 Å². The van der Waals surface area contributed by atoms with E-state index in [4.69, 9.17) is 23.2 Å². The van der Waals surface area contributed by atoms with Gasteiger partial charge in [-0.3, -0.25) is 4.79 Å². The van der Waals surface area contributed by atoms with Crippen molar-refractivity contribution in [3.8, 4) is 0 Å². The van der Waals surface area contributed by atoms with E-state index in [1.54, 1.807) is 18.2 Å². The zero-order valence-electron chi connectivity index (χ0n) is 12.2. The molecule has 5 nitrogen and oxygen atoms in total. The molecule has 1 amide bonds. The van der Waals surface area contributed by atoms with Gasteiger partial charge in [-0.15, -0.1) is 10.2 Å². The Hall–Kier alpha value is -1.02. The lowest BCUT2D eigenvalue weighted by Crippen LogP contribution is -2.22. The highest BCUT2D eigenvalue weighted by Crippen LogP contribution is 2.33. The molecule has 0 spiro atoms. The topological polar surface area (TPSA) is 66.9 Å². The van der Waals surface area contributed by atoms with E-state index in [2.05, 4.69) is 20.8 Å². The van der Waals surface area contributed by atoms with Crippen molar-refractivity contribution in [2.45, 2.75) is 35.4 Å². The van der Waals surface area contributed by atoms with Gasteiger partial charge in [-0.1, -0.05) is 46.3 Å². The van der Waals surface area contributed by atoms with Crippen molar-refractivity contribution < 1.29 is 4.79 Å². The molecule has 0 unspecified atom stereocenters. The molecular weight excluding hydrogens is 375 g/mol. The van der Waals surface area contributed by atoms with Crippen molar-refractivity contribution in [1.82, 2.24) is 10.2 Å². The van der Waals surface area contributed by atoms with Crippen molar-refractivity contribution in [3.63, 3.8) is 0 Å². The molecule has 1 aromatic heterocycles. The Balaban J connectivity index is 1.57. The summed E-state index contributed by atoms with van der Waals surface area (Å²) in [6.45, 7) is 1.82. The smallest absolute Gasteiger partial charge is 0.237 e. The van der Waals surface area contributed by atoms with Gasteiger partial charge in [0, 0.05) is 11.1 Å². The van der Waals surface area contributed by atoms with E-state index in [0.29, 0.717) is 21.8 Å². The maximum Gasteiger partial charge on any atom is 0.237 e. The van der Waals surface area contributed by atoms with E-state index in [9.17, 15) is 4.79 Å². The largest absolute Gasteiger partial charge is 0.357 e. The first-order valence-electron chi connectivity index (χ1n) is 7.04. The molecule has 122 valence electrons. The first-order chi connectivity index (χ1) is 11.0. The summed E-state index contributed by atoms with van der Waals surface area (Å²) in [6.07, 6.45) is 2.37. The Bertz CT molecular complexity index is 721. The molecule has 1 heterocycles. The van der Waals surface area contributed by atoms with Gasteiger partial charge in [0.25, 0.3) is 0 Å². The van der Waals surface area contributed by atoms with Gasteiger partial charge in [0.15, 0.2) is 4.34 Å². The second kappa shape index (κ2) is 7.25. The van der Waals surface area contributed by atoms with Crippen LogP contribution in [0.1, 0.15) is 19.8 Å². The highest BCUT2D eigenvalue weighted by Gasteiger charge is 2.23. The number of amides is 1. The van der Waals surface area contributed by atoms with Crippen molar-refractivity contribution >= 4 is 63.0 Å². The summed E-state index contributed by atoms with van der Waals surface area (Å²) in [5, 5.41) is 15.7. The minimum atomic E-state index is -0.316. The summed E-state index contributed by atoms with van der Waals surface area (Å²) in [6, 6.07) is 5.50. The fraction of sp³-hybridized carbons (Fsp3) is 0.357. The van der Waals surface area contributed by atoms with Gasteiger partial charge in [-0.2, -0.15) is 0 Å². The second-order valence-corrected chi connectivity index (χ2v) is 8.57. The average Bonchev–Trinajstić information content (AvgIpc) is 3.20. The van der Waals surface area contributed by atoms with Crippen molar-refractivity contribution in [2.24, 2.45) is 0 Å². The maximum atomic E-state index is 12.3. The molecule has 0 aliphatic heterocycles. The van der Waals surface area contributed by atoms with Gasteiger partial charge in [0.1, 0.15) is 0 Å². The third kappa shape index (κ3) is 4.73. The Morgan fingerprint density at radius 3 is 2.87 bits per heavy atom. The summed E-state index contributed by atoms with van der Waals surface area (Å²) in [7, 11) is 0. The van der Waals surface area contributed by atoms with Crippen molar-refractivity contribution in [2.75, 3.05) is 10.6 Å². The lowest BCUT2D eigenvalue weighted by atomic mass is 10.3. The predicted molar refractivity (Wildman–Crippen MR) is 97.0 cm³/mol. The van der Waals surface area contributed by atoms with Crippen LogP contribution in [0.5, 0.6) is 0 Å². The number of carbonyl (C=O) groups excluding carboxylic acids is 1. The zero-order chi connectivity index (χ0) is 16.4. The number of nitrogens with one attached hydrogen (secondary N) is 2. The number of hydrogen-bond acceptors (Lipinski definition) is 6. The molecule has 0 bridgehead atoms. The molecule has 2 aromatic rings. The van der Waals surface area contributed by atoms with Crippen LogP contribution in [0.4, 0.5) is 10.8 Å². The molecule has 0 radical (unpaired) electrons. The lowest BCUT2D eigenvalue weighted by Gasteiger charge is -2.11. The van der Waals surface area contributed by atoms with Crippen LogP contribution in [0.15, 0.2) is 22.5 Å². The van der Waals surface area contributed by atoms with Crippen molar-refractivity contribution in [1.29, 1.82) is 0 Å². The first kappa shape index (κ1) is 16.8. The third-order valence-electron chi connectivity index (χ3n) is 3.15. The summed E-state index contributed by atoms with van der Waals surface area (Å²) in [5.74, 6) is -0.147. The molecule has 1 aromatic carbocycles. The van der Waals surface area contributed by atoms with Crippen LogP contribution >= 0.6 is 46.3 Å². The fourth-order valence-electron chi connectivity index (χ4n) is 1.75. The lowest BCUT2D eigenvalue weighted by molar-refractivity contribution is -0.115. The minimum absolute atomic E-state index is 0.147. The van der Waals surface area contributed by atoms with E-state index < -0.39 is 0 Å². The number of halogens is 2. The molecule has 1 saturated carbocycles. The van der Waals surface area contributed by atoms with Crippen LogP contribution in [0.2, 0.25) is 10.0 Å². The van der Waals surface area contributed by atoms with Crippen LogP contribution in [0, 0.1) is 0 Å². The number of carbonyl (C=O) groups is 1. The van der Waals surface area contributed by atoms with E-state index in [1.165, 1.54) is 35.9 Å². The predicted octanol–water partition coefficient (Wildman–Crippen LogP) is 4.54. The number of hydrogen-bond donors (Lipinski definition) is 2. The van der Waals surface area contributed by atoms with E-state index in [1.807, 2.05) is 6.92 Å². The average molecular weight is 389 g/mol. The minimum Gasteiger partial charge on any atom is -0.357 e. The van der Waals surface area contributed by atoms with Gasteiger partial charge < -0.3 is 10.6 Å². The van der Waals surface area contributed by atoms with Gasteiger partial charge in [0.2, 0.25) is 11.0 Å². The number of aromatic nitrogens is 2. The molecule has 0 saturated heterocycles. The summed E-state index contributed by atoms with van der Waals surface area (Å²) in [4.78, 5) is 12.3. The zero-order valence-corrected chi connectivity index (χ0v) is 15.3. The first-order valence-corrected chi connectivity index (χ1v) is 9.49. The molecule has 2 N–H and O–H groups in total. The van der Waals surface area contributed by atoms with Crippen LogP contribution < -0.4 is 10.6 Å². The Morgan fingerprint density at radius 2 is 2.17 bits per heavy atom. The Labute approximate surface area is 152 Å². The van der Waals surface area contributed by atoms with Gasteiger partial charge in [0.05, 0.1) is 16.0 Å². The van der Waals surface area contributed by atoms with Gasteiger partial charge in [-0.25, -0.2) is 0 Å². The molecule has 1 aliphatic rings. The van der Waals surface area contributed by atoms with E-state index in [-0.39, 0.29) is 11.2 Å². The quantitative estimate of drug-likeness (QED) is 0.710. The number of nitrogens with zero attached hydrogens (tertiary/aromatic N) is 2. The number of anilines is 2. The molecule has 23 heavy (non-hydrogen) atoms. The van der Waals surface area contributed by atoms with Gasteiger partial charge in [-0.05, 0) is 38.0 Å². The van der Waals surface area contributed by atoms with Crippen LogP contribution in [-0.4, -0.2) is 27.4 Å². The number of rotatable bonds is 6. The standard InChI is InChI=1S/C14H14Cl2N4OS2/c1-7(12(21)18-11-5-2-8(15)6-10(11)16)22-14-20-19-13(23-14)17-9-3-4-9/h2,5-7,9H,3-4H2,1H3,(H,17,19)(H,18,21)/t7-/m0/s1. The molecular formula is C14H14Cl2N4OS2. The molecule has 1 aliphatic carbocycles. The SMILES string of the molecule is C[C@H](Sc1nnc(NC2CC2)s1)C(=O)Nc1ccc(Cl)cc1Cl. The second-order valence-electron chi connectivity index (χ2n) is 5.17. The normalized spacial score (nSPS) is 15.3. The van der Waals surface area contributed by atoms with Gasteiger partial charge >= 0.3 is 0 Å². The number of thioether (sulfide) groups is 1. The summed E-state index contributed by atoms with van der Waals surface area (Å²) < 4.78 is 0.762.